The van der Waals surface area contributed by atoms with Crippen molar-refractivity contribution < 1.29 is 13.9 Å². The number of benzene rings is 3. The standard InChI is InChI=1S/C30H30N4O3/c1-29(2,3)21-12-7-18(8-13-21)25-31-33-27(36-25)20-11-16-23(24(35)17-20)28-34-32-26(37-28)19-9-14-22(15-10-19)30(4,5)6/h7-17,35H,1-6H3. The number of phenols is 1. The van der Waals surface area contributed by atoms with Gasteiger partial charge >= 0.3 is 0 Å². The lowest BCUT2D eigenvalue weighted by atomic mass is 9.87. The Morgan fingerprint density at radius 1 is 0.514 bits per heavy atom. The summed E-state index contributed by atoms with van der Waals surface area (Å²) < 4.78 is 11.8. The maximum absolute atomic E-state index is 10.7. The van der Waals surface area contributed by atoms with E-state index >= 15 is 0 Å². The van der Waals surface area contributed by atoms with Crippen LogP contribution in [0.2, 0.25) is 0 Å². The summed E-state index contributed by atoms with van der Waals surface area (Å²) in [5.41, 5.74) is 5.22. The third-order valence-corrected chi connectivity index (χ3v) is 6.32. The van der Waals surface area contributed by atoms with Crippen LogP contribution in [0.25, 0.3) is 45.8 Å². The van der Waals surface area contributed by atoms with Crippen LogP contribution in [-0.4, -0.2) is 25.5 Å². The molecule has 0 aliphatic rings. The smallest absolute Gasteiger partial charge is 0.251 e. The van der Waals surface area contributed by atoms with Crippen molar-refractivity contribution in [1.82, 2.24) is 20.4 Å². The van der Waals surface area contributed by atoms with Crippen LogP contribution < -0.4 is 0 Å². The molecule has 1 N–H and O–H groups in total. The minimum atomic E-state index is -0.0231. The molecule has 0 aliphatic carbocycles. The molecule has 0 saturated heterocycles. The summed E-state index contributed by atoms with van der Waals surface area (Å²) in [7, 11) is 0. The summed E-state index contributed by atoms with van der Waals surface area (Å²) in [4.78, 5) is 0. The van der Waals surface area contributed by atoms with Crippen molar-refractivity contribution in [2.75, 3.05) is 0 Å². The van der Waals surface area contributed by atoms with Gasteiger partial charge in [-0.2, -0.15) is 0 Å². The van der Waals surface area contributed by atoms with Gasteiger partial charge in [-0.05, 0) is 64.4 Å². The molecular weight excluding hydrogens is 464 g/mol. The van der Waals surface area contributed by atoms with Crippen LogP contribution in [0.3, 0.4) is 0 Å². The summed E-state index contributed by atoms with van der Waals surface area (Å²) in [6, 6.07) is 21.2. The van der Waals surface area contributed by atoms with Crippen molar-refractivity contribution in [2.24, 2.45) is 0 Å². The Hall–Kier alpha value is -4.26. The molecule has 188 valence electrons. The minimum absolute atomic E-state index is 0.0231. The van der Waals surface area contributed by atoms with Gasteiger partial charge in [-0.25, -0.2) is 0 Å². The maximum Gasteiger partial charge on any atom is 0.251 e. The second-order valence-corrected chi connectivity index (χ2v) is 11.2. The fourth-order valence-corrected chi connectivity index (χ4v) is 3.98. The molecule has 5 rings (SSSR count). The molecule has 2 heterocycles. The van der Waals surface area contributed by atoms with Gasteiger partial charge in [-0.3, -0.25) is 0 Å². The van der Waals surface area contributed by atoms with E-state index in [1.807, 2.05) is 24.3 Å². The Morgan fingerprint density at radius 3 is 1.32 bits per heavy atom. The molecule has 7 heteroatoms. The van der Waals surface area contributed by atoms with E-state index < -0.39 is 0 Å². The number of hydrogen-bond donors (Lipinski definition) is 1. The predicted octanol–water partition coefficient (Wildman–Crippen LogP) is 7.42. The van der Waals surface area contributed by atoms with Crippen molar-refractivity contribution >= 4 is 0 Å². The Kier molecular flexibility index (Phi) is 5.94. The van der Waals surface area contributed by atoms with E-state index in [-0.39, 0.29) is 22.5 Å². The highest BCUT2D eigenvalue weighted by Gasteiger charge is 2.19. The second-order valence-electron chi connectivity index (χ2n) is 11.2. The first-order valence-electron chi connectivity index (χ1n) is 12.2. The van der Waals surface area contributed by atoms with E-state index in [4.69, 9.17) is 8.83 Å². The van der Waals surface area contributed by atoms with Gasteiger partial charge in [-0.15, -0.1) is 20.4 Å². The summed E-state index contributed by atoms with van der Waals surface area (Å²) in [5, 5.41) is 27.4. The van der Waals surface area contributed by atoms with Gasteiger partial charge in [-0.1, -0.05) is 65.8 Å². The molecule has 37 heavy (non-hydrogen) atoms. The first kappa shape index (κ1) is 24.4. The number of nitrogens with zero attached hydrogens (tertiary/aromatic N) is 4. The molecule has 0 bridgehead atoms. The Labute approximate surface area is 216 Å². The lowest BCUT2D eigenvalue weighted by molar-refractivity contribution is 0.473. The average Bonchev–Trinajstić information content (AvgIpc) is 3.54. The van der Waals surface area contributed by atoms with E-state index in [0.717, 1.165) is 11.1 Å². The minimum Gasteiger partial charge on any atom is -0.507 e. The lowest BCUT2D eigenvalue weighted by Crippen LogP contribution is -2.10. The zero-order valence-corrected chi connectivity index (χ0v) is 21.9. The van der Waals surface area contributed by atoms with Gasteiger partial charge in [0.15, 0.2) is 0 Å². The van der Waals surface area contributed by atoms with Crippen molar-refractivity contribution in [3.05, 3.63) is 77.9 Å². The predicted molar refractivity (Wildman–Crippen MR) is 143 cm³/mol. The molecule has 0 atom stereocenters. The van der Waals surface area contributed by atoms with Crippen LogP contribution in [0.15, 0.2) is 75.6 Å². The average molecular weight is 495 g/mol. The molecule has 0 unspecified atom stereocenters. The van der Waals surface area contributed by atoms with Crippen molar-refractivity contribution in [3.8, 4) is 51.6 Å². The van der Waals surface area contributed by atoms with Crippen LogP contribution in [0, 0.1) is 0 Å². The van der Waals surface area contributed by atoms with Crippen LogP contribution in [0.4, 0.5) is 0 Å². The van der Waals surface area contributed by atoms with Crippen molar-refractivity contribution in [1.29, 1.82) is 0 Å². The molecule has 0 fully saturated rings. The number of aromatic hydroxyl groups is 1. The summed E-state index contributed by atoms with van der Waals surface area (Å²) in [6.07, 6.45) is 0. The number of phenolic OH excluding ortho intramolecular Hbond substituents is 1. The Morgan fingerprint density at radius 2 is 0.892 bits per heavy atom. The third kappa shape index (κ3) is 5.03. The summed E-state index contributed by atoms with van der Waals surface area (Å²) >= 11 is 0. The maximum atomic E-state index is 10.7. The highest BCUT2D eigenvalue weighted by atomic mass is 16.4. The van der Waals surface area contributed by atoms with Crippen LogP contribution in [-0.2, 0) is 10.8 Å². The fraction of sp³-hybridized carbons (Fsp3) is 0.267. The van der Waals surface area contributed by atoms with E-state index in [9.17, 15) is 5.11 Å². The van der Waals surface area contributed by atoms with Crippen molar-refractivity contribution in [3.63, 3.8) is 0 Å². The quantitative estimate of drug-likeness (QED) is 0.277. The monoisotopic (exact) mass is 494 g/mol. The molecule has 0 radical (unpaired) electrons. The summed E-state index contributed by atoms with van der Waals surface area (Å²) in [5.74, 6) is 1.31. The topological polar surface area (TPSA) is 98.1 Å². The van der Waals surface area contributed by atoms with Crippen LogP contribution >= 0.6 is 0 Å². The molecule has 0 aliphatic heterocycles. The van der Waals surface area contributed by atoms with Crippen LogP contribution in [0.5, 0.6) is 5.75 Å². The normalized spacial score (nSPS) is 12.2. The summed E-state index contributed by atoms with van der Waals surface area (Å²) in [6.45, 7) is 13.0. The van der Waals surface area contributed by atoms with Crippen molar-refractivity contribution in [2.45, 2.75) is 52.4 Å². The SMILES string of the molecule is CC(C)(C)c1ccc(-c2nnc(-c3ccc(-c4nnc(-c5ccc(C(C)(C)C)cc5)o4)c(O)c3)o2)cc1. The molecule has 3 aromatic carbocycles. The van der Waals surface area contributed by atoms with Gasteiger partial charge < -0.3 is 13.9 Å². The first-order chi connectivity index (χ1) is 17.5. The zero-order valence-electron chi connectivity index (χ0n) is 21.9. The molecule has 7 nitrogen and oxygen atoms in total. The fourth-order valence-electron chi connectivity index (χ4n) is 3.98. The second kappa shape index (κ2) is 9.00. The van der Waals surface area contributed by atoms with Gasteiger partial charge in [0.2, 0.25) is 17.7 Å². The number of hydrogen-bond acceptors (Lipinski definition) is 7. The van der Waals surface area contributed by atoms with Gasteiger partial charge in [0.1, 0.15) is 5.75 Å². The lowest BCUT2D eigenvalue weighted by Gasteiger charge is -2.18. The first-order valence-corrected chi connectivity index (χ1v) is 12.2. The van der Waals surface area contributed by atoms with Gasteiger partial charge in [0.05, 0.1) is 5.56 Å². The van der Waals surface area contributed by atoms with E-state index in [2.05, 4.69) is 86.2 Å². The number of rotatable bonds is 4. The largest absolute Gasteiger partial charge is 0.507 e. The Bertz CT molecular complexity index is 1530. The molecule has 2 aromatic heterocycles. The Balaban J connectivity index is 1.36. The highest BCUT2D eigenvalue weighted by molar-refractivity contribution is 5.70. The van der Waals surface area contributed by atoms with Gasteiger partial charge in [0.25, 0.3) is 5.89 Å². The molecule has 0 saturated carbocycles. The molecule has 0 spiro atoms. The van der Waals surface area contributed by atoms with E-state index in [1.54, 1.807) is 18.2 Å². The third-order valence-electron chi connectivity index (χ3n) is 6.32. The van der Waals surface area contributed by atoms with Gasteiger partial charge in [0, 0.05) is 16.7 Å². The molecule has 0 amide bonds. The molecular formula is C30H30N4O3. The number of aromatic nitrogens is 4. The van der Waals surface area contributed by atoms with Crippen LogP contribution in [0.1, 0.15) is 52.7 Å². The van der Waals surface area contributed by atoms with E-state index in [1.165, 1.54) is 11.1 Å². The zero-order chi connectivity index (χ0) is 26.4. The van der Waals surface area contributed by atoms with E-state index in [0.29, 0.717) is 28.8 Å². The highest BCUT2D eigenvalue weighted by Crippen LogP contribution is 2.35. The molecule has 5 aromatic rings.